The molecule has 0 saturated heterocycles. The van der Waals surface area contributed by atoms with Gasteiger partial charge in [-0.3, -0.25) is 0 Å². The van der Waals surface area contributed by atoms with Crippen LogP contribution in [0.25, 0.3) is 0 Å². The molecule has 0 saturated carbocycles. The van der Waals surface area contributed by atoms with E-state index in [1.54, 1.807) is 7.05 Å². The summed E-state index contributed by atoms with van der Waals surface area (Å²) in [7, 11) is 6.98. The molecule has 0 bridgehead atoms. The molecule has 0 spiro atoms. The Morgan fingerprint density at radius 1 is 1.55 bits per heavy atom. The second-order valence-electron chi connectivity index (χ2n) is 3.09. The lowest BCUT2D eigenvalue weighted by molar-refractivity contribution is -0.0797. The Morgan fingerprint density at radius 3 is 2.64 bits per heavy atom. The lowest BCUT2D eigenvalue weighted by Gasteiger charge is -2.15. The maximum Gasteiger partial charge on any atom is 0.223 e. The Bertz CT molecular complexity index is 88.2. The molecule has 0 aromatic carbocycles. The van der Waals surface area contributed by atoms with Crippen LogP contribution in [-0.2, 0) is 4.84 Å². The molecule has 2 radical (unpaired) electrons. The third kappa shape index (κ3) is 7.89. The molecule has 0 rings (SSSR count). The van der Waals surface area contributed by atoms with E-state index < -0.39 is 0 Å². The molecule has 64 valence electrons. The Hall–Kier alpha value is -0.0151. The molecule has 3 heteroatoms. The topological polar surface area (TPSA) is 12.5 Å². The molecule has 1 unspecified atom stereocenters. The Morgan fingerprint density at radius 2 is 2.18 bits per heavy atom. The van der Waals surface area contributed by atoms with Gasteiger partial charge in [-0.15, -0.1) is 0 Å². The van der Waals surface area contributed by atoms with E-state index >= 15 is 0 Å². The first kappa shape index (κ1) is 11.0. The zero-order chi connectivity index (χ0) is 8.69. The summed E-state index contributed by atoms with van der Waals surface area (Å²) in [5, 5.41) is 0. The average molecular weight is 155 g/mol. The van der Waals surface area contributed by atoms with Crippen LogP contribution in [0.2, 0.25) is 0 Å². The normalized spacial score (nSPS) is 13.8. The highest BCUT2D eigenvalue weighted by Crippen LogP contribution is 2.07. The minimum Gasteiger partial charge on any atom is -0.312 e. The summed E-state index contributed by atoms with van der Waals surface area (Å²) in [4.78, 5) is 6.38. The van der Waals surface area contributed by atoms with Gasteiger partial charge in [-0.1, -0.05) is 26.7 Å². The molecule has 0 aliphatic rings. The third-order valence-electron chi connectivity index (χ3n) is 1.61. The summed E-state index contributed by atoms with van der Waals surface area (Å²) in [6.45, 7) is 5.11. The summed E-state index contributed by atoms with van der Waals surface area (Å²) in [5.74, 6) is 0.612. The molecule has 0 aromatic rings. The third-order valence-corrected chi connectivity index (χ3v) is 1.61. The largest absolute Gasteiger partial charge is 0.312 e. The molecule has 0 aromatic heterocycles. The van der Waals surface area contributed by atoms with Gasteiger partial charge in [0.1, 0.15) is 0 Å². The zero-order valence-corrected chi connectivity index (χ0v) is 7.84. The maximum atomic E-state index is 5.28. The molecule has 2 nitrogen and oxygen atoms in total. The second kappa shape index (κ2) is 6.68. The zero-order valence-electron chi connectivity index (χ0n) is 7.84. The van der Waals surface area contributed by atoms with E-state index in [9.17, 15) is 0 Å². The van der Waals surface area contributed by atoms with Gasteiger partial charge >= 0.3 is 0 Å². The fourth-order valence-electron chi connectivity index (χ4n) is 0.881. The molecule has 0 fully saturated rings. The smallest absolute Gasteiger partial charge is 0.223 e. The number of hydrogen-bond acceptors (Lipinski definition) is 2. The van der Waals surface area contributed by atoms with Crippen LogP contribution >= 0.6 is 0 Å². The lowest BCUT2D eigenvalue weighted by atomic mass is 10.1. The van der Waals surface area contributed by atoms with E-state index in [-0.39, 0.29) is 0 Å². The summed E-state index contributed by atoms with van der Waals surface area (Å²) in [5.41, 5.74) is 0. The van der Waals surface area contributed by atoms with Crippen molar-refractivity contribution in [3.05, 3.63) is 0 Å². The summed E-state index contributed by atoms with van der Waals surface area (Å²) >= 11 is 0. The summed E-state index contributed by atoms with van der Waals surface area (Å²) < 4.78 is 0. The van der Waals surface area contributed by atoms with Crippen LogP contribution in [0, 0.1) is 5.92 Å². The van der Waals surface area contributed by atoms with Crippen LogP contribution in [-0.4, -0.2) is 26.6 Å². The van der Waals surface area contributed by atoms with Crippen molar-refractivity contribution in [2.24, 2.45) is 5.92 Å². The minimum absolute atomic E-state index is 0.612. The number of rotatable bonds is 6. The van der Waals surface area contributed by atoms with Crippen molar-refractivity contribution >= 4 is 7.98 Å². The van der Waals surface area contributed by atoms with Crippen molar-refractivity contribution in [1.82, 2.24) is 4.97 Å². The maximum absolute atomic E-state index is 5.28. The Kier molecular flexibility index (Phi) is 6.67. The molecular weight excluding hydrogens is 137 g/mol. The van der Waals surface area contributed by atoms with Crippen molar-refractivity contribution in [3.63, 3.8) is 0 Å². The number of unbranched alkanes of at least 4 members (excludes halogenated alkanes) is 1. The van der Waals surface area contributed by atoms with E-state index in [0.29, 0.717) is 5.92 Å². The first-order valence-electron chi connectivity index (χ1n) is 4.28. The van der Waals surface area contributed by atoms with Crippen LogP contribution in [0.5, 0.6) is 0 Å². The number of hydrogen-bond donors (Lipinski definition) is 0. The van der Waals surface area contributed by atoms with Crippen LogP contribution in [0.1, 0.15) is 33.1 Å². The van der Waals surface area contributed by atoms with E-state index in [0.717, 1.165) is 6.61 Å². The molecule has 0 aliphatic carbocycles. The summed E-state index contributed by atoms with van der Waals surface area (Å²) in [6, 6.07) is 0. The Labute approximate surface area is 71.3 Å². The van der Waals surface area contributed by atoms with Gasteiger partial charge in [0.25, 0.3) is 0 Å². The highest BCUT2D eigenvalue weighted by Gasteiger charge is 2.01. The SMILES string of the molecule is [B]N(C)OCC(C)CCCC. The highest BCUT2D eigenvalue weighted by molar-refractivity contribution is 6.03. The molecule has 0 amide bonds. The molecule has 0 aliphatic heterocycles. The predicted molar refractivity (Wildman–Crippen MR) is 48.2 cm³/mol. The number of nitrogens with zero attached hydrogens (tertiary/aromatic N) is 1. The van der Waals surface area contributed by atoms with E-state index in [1.807, 2.05) is 0 Å². The van der Waals surface area contributed by atoms with Crippen LogP contribution in [0.4, 0.5) is 0 Å². The second-order valence-corrected chi connectivity index (χ2v) is 3.09. The predicted octanol–water partition coefficient (Wildman–Crippen LogP) is 1.76. The Balaban J connectivity index is 3.15. The van der Waals surface area contributed by atoms with E-state index in [2.05, 4.69) is 13.8 Å². The molecular formula is C8H18BNO. The van der Waals surface area contributed by atoms with Crippen molar-refractivity contribution < 1.29 is 4.84 Å². The van der Waals surface area contributed by atoms with Crippen molar-refractivity contribution in [1.29, 1.82) is 0 Å². The van der Waals surface area contributed by atoms with Gasteiger partial charge < -0.3 is 4.84 Å². The van der Waals surface area contributed by atoms with Gasteiger partial charge in [0.2, 0.25) is 7.98 Å². The molecule has 11 heavy (non-hydrogen) atoms. The quantitative estimate of drug-likeness (QED) is 0.428. The van der Waals surface area contributed by atoms with Gasteiger partial charge in [-0.25, -0.2) is 4.97 Å². The van der Waals surface area contributed by atoms with Gasteiger partial charge in [0.15, 0.2) is 0 Å². The fourth-order valence-corrected chi connectivity index (χ4v) is 0.881. The summed E-state index contributed by atoms with van der Waals surface area (Å²) in [6.07, 6.45) is 3.76. The first-order chi connectivity index (χ1) is 5.16. The van der Waals surface area contributed by atoms with E-state index in [1.165, 1.54) is 24.2 Å². The monoisotopic (exact) mass is 155 g/mol. The van der Waals surface area contributed by atoms with Crippen molar-refractivity contribution in [3.8, 4) is 0 Å². The minimum atomic E-state index is 0.612. The first-order valence-corrected chi connectivity index (χ1v) is 4.28. The van der Waals surface area contributed by atoms with Crippen LogP contribution in [0.15, 0.2) is 0 Å². The van der Waals surface area contributed by atoms with Gasteiger partial charge in [-0.2, -0.15) is 0 Å². The van der Waals surface area contributed by atoms with Crippen molar-refractivity contribution in [2.75, 3.05) is 13.7 Å². The molecule has 1 atom stereocenters. The van der Waals surface area contributed by atoms with Crippen molar-refractivity contribution in [2.45, 2.75) is 33.1 Å². The van der Waals surface area contributed by atoms with Gasteiger partial charge in [0.05, 0.1) is 6.61 Å². The fraction of sp³-hybridized carbons (Fsp3) is 1.00. The number of hydroxylamine groups is 1. The average Bonchev–Trinajstić information content (AvgIpc) is 1.97. The highest BCUT2D eigenvalue weighted by atomic mass is 16.7. The van der Waals surface area contributed by atoms with Gasteiger partial charge in [-0.05, 0) is 19.4 Å². The van der Waals surface area contributed by atoms with Crippen LogP contribution in [0.3, 0.4) is 0 Å². The molecule has 0 heterocycles. The standard InChI is InChI=1S/C8H18BNO/c1-4-5-6-8(2)7-11-10(3)9/h8H,4-7H2,1-3H3. The van der Waals surface area contributed by atoms with Crippen LogP contribution < -0.4 is 0 Å². The van der Waals surface area contributed by atoms with E-state index in [4.69, 9.17) is 12.8 Å². The molecule has 0 N–H and O–H groups in total. The lowest BCUT2D eigenvalue weighted by Crippen LogP contribution is -2.18. The van der Waals surface area contributed by atoms with Gasteiger partial charge in [0, 0.05) is 0 Å².